The number of hydrogen-bond acceptors (Lipinski definition) is 3. The minimum Gasteiger partial charge on any atom is -0.497 e. The van der Waals surface area contributed by atoms with E-state index in [2.05, 4.69) is 0 Å². The molecule has 0 spiro atoms. The first-order valence-corrected chi connectivity index (χ1v) is 3.70. The molecule has 2 radical (unpaired) electrons. The first kappa shape index (κ1) is 17.8. The number of aromatic carboxylic acids is 2. The molecule has 1 rings (SSSR count). The van der Waals surface area contributed by atoms with Gasteiger partial charge >= 0.3 is 11.9 Å². The second kappa shape index (κ2) is 7.67. The molecule has 16 heavy (non-hydrogen) atoms. The van der Waals surface area contributed by atoms with Gasteiger partial charge in [0.1, 0.15) is 5.75 Å². The van der Waals surface area contributed by atoms with Gasteiger partial charge in [-0.25, -0.2) is 9.59 Å². The Bertz CT molecular complexity index is 359. The molecule has 0 aliphatic carbocycles. The quantitative estimate of drug-likeness (QED) is 0.727. The molecule has 0 amide bonds. The molecule has 1 aromatic carbocycles. The van der Waals surface area contributed by atoms with E-state index in [1.807, 2.05) is 0 Å². The summed E-state index contributed by atoms with van der Waals surface area (Å²) in [6, 6.07) is 3.59. The van der Waals surface area contributed by atoms with Gasteiger partial charge in [0.05, 0.1) is 18.2 Å². The van der Waals surface area contributed by atoms with Crippen LogP contribution < -0.4 is 4.74 Å². The van der Waals surface area contributed by atoms with Gasteiger partial charge in [-0.3, -0.25) is 0 Å². The Morgan fingerprint density at radius 1 is 1.00 bits per heavy atom. The summed E-state index contributed by atoms with van der Waals surface area (Å²) in [6.07, 6.45) is 0. The summed E-state index contributed by atoms with van der Waals surface area (Å²) in [6.45, 7) is 0. The topological polar surface area (TPSA) is 83.8 Å². The summed E-state index contributed by atoms with van der Waals surface area (Å²) in [5.74, 6) is -2.17. The second-order valence-corrected chi connectivity index (χ2v) is 2.56. The minimum absolute atomic E-state index is 0. The zero-order valence-electron chi connectivity index (χ0n) is 7.95. The van der Waals surface area contributed by atoms with Crippen molar-refractivity contribution in [3.05, 3.63) is 29.3 Å². The Morgan fingerprint density at radius 3 is 1.62 bits per heavy atom. The first-order valence-electron chi connectivity index (χ1n) is 3.70. The maximum atomic E-state index is 10.6. The van der Waals surface area contributed by atoms with Gasteiger partial charge in [0, 0.05) is 44.8 Å². The molecular weight excluding hydrogens is 404 g/mol. The summed E-state index contributed by atoms with van der Waals surface area (Å²) in [4.78, 5) is 21.2. The summed E-state index contributed by atoms with van der Waals surface area (Å²) in [5, 5.41) is 17.3. The van der Waals surface area contributed by atoms with E-state index in [9.17, 15) is 9.59 Å². The van der Waals surface area contributed by atoms with Crippen molar-refractivity contribution >= 4 is 11.9 Å². The largest absolute Gasteiger partial charge is 0.497 e. The number of benzene rings is 1. The average molecular weight is 412 g/mol. The third-order valence-electron chi connectivity index (χ3n) is 1.64. The molecule has 0 aromatic heterocycles. The van der Waals surface area contributed by atoms with E-state index in [0.29, 0.717) is 0 Å². The Balaban J connectivity index is 0. The van der Waals surface area contributed by atoms with Crippen LogP contribution in [0.25, 0.3) is 0 Å². The minimum atomic E-state index is -1.19. The molecule has 0 aliphatic heterocycles. The molecule has 0 bridgehead atoms. The number of methoxy groups -OCH3 is 1. The molecule has 0 unspecified atom stereocenters. The second-order valence-electron chi connectivity index (χ2n) is 2.56. The Labute approximate surface area is 123 Å². The van der Waals surface area contributed by atoms with Crippen molar-refractivity contribution in [2.24, 2.45) is 0 Å². The van der Waals surface area contributed by atoms with Crippen molar-refractivity contribution in [3.63, 3.8) is 0 Å². The van der Waals surface area contributed by atoms with Gasteiger partial charge in [-0.1, -0.05) is 0 Å². The van der Waals surface area contributed by atoms with Gasteiger partial charge in [0.2, 0.25) is 0 Å². The Morgan fingerprint density at radius 2 is 1.38 bits per heavy atom. The Hall–Kier alpha value is -0.559. The van der Waals surface area contributed by atoms with Crippen molar-refractivity contribution in [2.75, 3.05) is 7.11 Å². The Kier molecular flexibility index (Phi) is 8.55. The van der Waals surface area contributed by atoms with Crippen LogP contribution in [0.2, 0.25) is 0 Å². The molecule has 1 aromatic rings. The molecule has 2 N–H and O–H groups in total. The van der Waals surface area contributed by atoms with Crippen LogP contribution in [0.15, 0.2) is 18.2 Å². The monoisotopic (exact) mass is 410 g/mol. The normalized spacial score (nSPS) is 8.31. The van der Waals surface area contributed by atoms with Crippen LogP contribution in [0.4, 0.5) is 0 Å². The van der Waals surface area contributed by atoms with Crippen molar-refractivity contribution < 1.29 is 69.3 Å². The smallest absolute Gasteiger partial charge is 0.335 e. The van der Waals surface area contributed by atoms with Crippen molar-refractivity contribution in [1.82, 2.24) is 0 Å². The van der Waals surface area contributed by atoms with Gasteiger partial charge in [-0.15, -0.1) is 0 Å². The van der Waals surface area contributed by atoms with Crippen LogP contribution in [0, 0.1) is 0 Å². The fraction of sp³-hybridized carbons (Fsp3) is 0.111. The maximum Gasteiger partial charge on any atom is 0.335 e. The van der Waals surface area contributed by atoms with Crippen molar-refractivity contribution in [2.45, 2.75) is 0 Å². The zero-order valence-corrected chi connectivity index (χ0v) is 10.9. The predicted molar refractivity (Wildman–Crippen MR) is 46.9 cm³/mol. The summed E-state index contributed by atoms with van der Waals surface area (Å²) < 4.78 is 4.77. The first-order chi connectivity index (χ1) is 6.54. The summed E-state index contributed by atoms with van der Waals surface area (Å²) in [5.41, 5.74) is -0.219. The van der Waals surface area contributed by atoms with Gasteiger partial charge in [-0.2, -0.15) is 0 Å². The summed E-state index contributed by atoms with van der Waals surface area (Å²) >= 11 is 0. The molecule has 7 heteroatoms. The number of carbonyl (C=O) groups is 2. The van der Waals surface area contributed by atoms with Crippen LogP contribution in [0.5, 0.6) is 5.75 Å². The van der Waals surface area contributed by atoms with Crippen LogP contribution in [-0.4, -0.2) is 29.3 Å². The van der Waals surface area contributed by atoms with E-state index < -0.39 is 11.9 Å². The molecule has 0 atom stereocenters. The van der Waals surface area contributed by atoms with Gasteiger partial charge in [0.25, 0.3) is 0 Å². The fourth-order valence-corrected chi connectivity index (χ4v) is 0.964. The van der Waals surface area contributed by atoms with Gasteiger partial charge in [0.15, 0.2) is 0 Å². The average Bonchev–Trinajstić information content (AvgIpc) is 2.16. The third-order valence-corrected chi connectivity index (χ3v) is 1.64. The van der Waals surface area contributed by atoms with Crippen LogP contribution in [0.3, 0.4) is 0 Å². The molecule has 0 fully saturated rings. The maximum absolute atomic E-state index is 10.6. The molecule has 5 nitrogen and oxygen atoms in total. The fourth-order valence-electron chi connectivity index (χ4n) is 0.964. The van der Waals surface area contributed by atoms with E-state index in [1.165, 1.54) is 19.2 Å². The standard InChI is InChI=1S/C9H8O5.2Ag/c1-14-7-3-5(8(10)11)2-6(4-7)9(12)13;;/h2-4H,1H3,(H,10,11)(H,12,13);;. The van der Waals surface area contributed by atoms with E-state index in [-0.39, 0.29) is 61.6 Å². The van der Waals surface area contributed by atoms with E-state index >= 15 is 0 Å². The summed E-state index contributed by atoms with van der Waals surface area (Å²) in [7, 11) is 1.34. The molecule has 0 heterocycles. The number of hydrogen-bond donors (Lipinski definition) is 2. The molecule has 0 aliphatic rings. The van der Waals surface area contributed by atoms with Crippen LogP contribution >= 0.6 is 0 Å². The number of carboxylic acid groups (broad SMARTS) is 2. The molecule has 0 saturated heterocycles. The SMILES string of the molecule is COc1cc(C(=O)O)cc(C(=O)O)c1.[Ag].[Ag]. The van der Waals surface area contributed by atoms with Crippen LogP contribution in [-0.2, 0) is 44.8 Å². The number of carboxylic acids is 2. The van der Waals surface area contributed by atoms with Gasteiger partial charge in [-0.05, 0) is 18.2 Å². The van der Waals surface area contributed by atoms with E-state index in [0.717, 1.165) is 6.07 Å². The predicted octanol–water partition coefficient (Wildman–Crippen LogP) is 1.09. The van der Waals surface area contributed by atoms with Crippen LogP contribution in [0.1, 0.15) is 20.7 Å². The van der Waals surface area contributed by atoms with E-state index in [1.54, 1.807) is 0 Å². The molecular formula is C9H8Ag2O5. The van der Waals surface area contributed by atoms with Crippen molar-refractivity contribution in [3.8, 4) is 5.75 Å². The zero-order chi connectivity index (χ0) is 10.7. The number of ether oxygens (including phenoxy) is 1. The third kappa shape index (κ3) is 4.53. The molecule has 0 saturated carbocycles. The van der Waals surface area contributed by atoms with Gasteiger partial charge < -0.3 is 14.9 Å². The number of rotatable bonds is 3. The van der Waals surface area contributed by atoms with E-state index in [4.69, 9.17) is 14.9 Å². The van der Waals surface area contributed by atoms with Crippen molar-refractivity contribution in [1.29, 1.82) is 0 Å². The molecule has 96 valence electrons.